The molecule has 1 N–H and O–H groups in total. The van der Waals surface area contributed by atoms with Gasteiger partial charge in [-0.25, -0.2) is 9.37 Å². The fraction of sp³-hybridized carbons (Fsp3) is 0.0667. The van der Waals surface area contributed by atoms with Gasteiger partial charge < -0.3 is 5.32 Å². The Bertz CT molecular complexity index is 708. The number of nitrogens with one attached hydrogen (secondary N) is 1. The van der Waals surface area contributed by atoms with E-state index in [0.717, 1.165) is 26.8 Å². The largest absolute Gasteiger partial charge is 0.365 e. The van der Waals surface area contributed by atoms with Crippen LogP contribution < -0.4 is 5.32 Å². The number of thiazole rings is 1. The number of aromatic nitrogens is 2. The van der Waals surface area contributed by atoms with Crippen molar-refractivity contribution in [2.75, 3.05) is 12.4 Å². The number of nitrogens with zero attached hydrogens (tertiary/aromatic N) is 2. The van der Waals surface area contributed by atoms with E-state index in [4.69, 9.17) is 0 Å². The summed E-state index contributed by atoms with van der Waals surface area (Å²) < 4.78 is 13.1. The highest BCUT2D eigenvalue weighted by atomic mass is 32.1. The molecule has 2 aromatic heterocycles. The zero-order valence-electron chi connectivity index (χ0n) is 10.8. The van der Waals surface area contributed by atoms with E-state index in [1.807, 2.05) is 19.2 Å². The average Bonchev–Trinajstić information content (AvgIpc) is 2.93. The molecule has 0 aliphatic carbocycles. The van der Waals surface area contributed by atoms with Crippen molar-refractivity contribution in [2.45, 2.75) is 0 Å². The summed E-state index contributed by atoms with van der Waals surface area (Å²) in [6, 6.07) is 10.3. The number of halogens is 1. The summed E-state index contributed by atoms with van der Waals surface area (Å²) >= 11 is 1.57. The van der Waals surface area contributed by atoms with Crippen LogP contribution in [0.5, 0.6) is 0 Å². The second kappa shape index (κ2) is 5.38. The quantitative estimate of drug-likeness (QED) is 0.788. The van der Waals surface area contributed by atoms with E-state index in [0.29, 0.717) is 0 Å². The van der Waals surface area contributed by atoms with Gasteiger partial charge in [0.05, 0.1) is 10.6 Å². The van der Waals surface area contributed by atoms with Crippen LogP contribution in [-0.2, 0) is 0 Å². The lowest BCUT2D eigenvalue weighted by Crippen LogP contribution is -1.86. The van der Waals surface area contributed by atoms with Crippen LogP contribution in [0.1, 0.15) is 0 Å². The van der Waals surface area contributed by atoms with E-state index < -0.39 is 0 Å². The number of hydrogen-bond acceptors (Lipinski definition) is 4. The van der Waals surface area contributed by atoms with Gasteiger partial charge in [0.25, 0.3) is 0 Å². The first-order valence-corrected chi connectivity index (χ1v) is 6.94. The third-order valence-corrected chi connectivity index (χ3v) is 4.02. The van der Waals surface area contributed by atoms with Gasteiger partial charge in [-0.2, -0.15) is 0 Å². The Kier molecular flexibility index (Phi) is 3.43. The van der Waals surface area contributed by atoms with Gasteiger partial charge in [-0.3, -0.25) is 4.98 Å². The van der Waals surface area contributed by atoms with Crippen LogP contribution in [0.3, 0.4) is 0 Å². The molecular formula is C15H12FN3S. The summed E-state index contributed by atoms with van der Waals surface area (Å²) in [4.78, 5) is 9.65. The molecule has 5 heteroatoms. The highest BCUT2D eigenvalue weighted by Crippen LogP contribution is 2.38. The monoisotopic (exact) mass is 285 g/mol. The minimum atomic E-state index is -0.247. The first kappa shape index (κ1) is 12.7. The molecule has 0 spiro atoms. The van der Waals surface area contributed by atoms with Gasteiger partial charge in [0.1, 0.15) is 5.82 Å². The molecule has 0 aliphatic heterocycles. The molecule has 100 valence electrons. The molecule has 0 aliphatic rings. The Labute approximate surface area is 120 Å². The molecule has 0 radical (unpaired) electrons. The van der Waals surface area contributed by atoms with Crippen LogP contribution in [0, 0.1) is 5.82 Å². The summed E-state index contributed by atoms with van der Waals surface area (Å²) in [5, 5.41) is 3.89. The summed E-state index contributed by atoms with van der Waals surface area (Å²) in [5.74, 6) is -0.247. The van der Waals surface area contributed by atoms with Crippen LogP contribution in [0.4, 0.5) is 9.52 Å². The van der Waals surface area contributed by atoms with Crippen LogP contribution in [-0.4, -0.2) is 17.0 Å². The van der Waals surface area contributed by atoms with Crippen LogP contribution >= 0.6 is 11.3 Å². The van der Waals surface area contributed by atoms with E-state index in [1.165, 1.54) is 12.1 Å². The predicted molar refractivity (Wildman–Crippen MR) is 80.3 cm³/mol. The van der Waals surface area contributed by atoms with Gasteiger partial charge in [0.2, 0.25) is 0 Å². The SMILES string of the molecule is CNc1nc(-c2ccc(F)cc2)c(-c2ccncc2)s1. The summed E-state index contributed by atoms with van der Waals surface area (Å²) in [5.41, 5.74) is 2.81. The lowest BCUT2D eigenvalue weighted by molar-refractivity contribution is 0.628. The predicted octanol–water partition coefficient (Wildman–Crippen LogP) is 4.05. The van der Waals surface area contributed by atoms with Crippen LogP contribution in [0.15, 0.2) is 48.8 Å². The van der Waals surface area contributed by atoms with E-state index in [1.54, 1.807) is 35.9 Å². The van der Waals surface area contributed by atoms with Crippen molar-refractivity contribution in [1.82, 2.24) is 9.97 Å². The van der Waals surface area contributed by atoms with E-state index in [9.17, 15) is 4.39 Å². The maximum Gasteiger partial charge on any atom is 0.183 e. The first-order chi connectivity index (χ1) is 9.78. The Balaban J connectivity index is 2.15. The number of hydrogen-bond donors (Lipinski definition) is 1. The van der Waals surface area contributed by atoms with Crippen LogP contribution in [0.25, 0.3) is 21.7 Å². The number of benzene rings is 1. The zero-order chi connectivity index (χ0) is 13.9. The van der Waals surface area contributed by atoms with E-state index >= 15 is 0 Å². The Morgan fingerprint density at radius 1 is 1.00 bits per heavy atom. The molecule has 0 unspecified atom stereocenters. The normalized spacial score (nSPS) is 10.5. The summed E-state index contributed by atoms with van der Waals surface area (Å²) in [7, 11) is 1.84. The molecule has 0 saturated carbocycles. The van der Waals surface area contributed by atoms with Gasteiger partial charge in [-0.1, -0.05) is 11.3 Å². The lowest BCUT2D eigenvalue weighted by Gasteiger charge is -2.02. The summed E-state index contributed by atoms with van der Waals surface area (Å²) in [6.07, 6.45) is 3.51. The molecule has 0 fully saturated rings. The minimum absolute atomic E-state index is 0.247. The molecule has 0 atom stereocenters. The van der Waals surface area contributed by atoms with Crippen LogP contribution in [0.2, 0.25) is 0 Å². The van der Waals surface area contributed by atoms with Gasteiger partial charge in [0.15, 0.2) is 5.13 Å². The Hall–Kier alpha value is -2.27. The third-order valence-electron chi connectivity index (χ3n) is 2.90. The molecule has 3 nitrogen and oxygen atoms in total. The molecule has 3 rings (SSSR count). The van der Waals surface area contributed by atoms with Gasteiger partial charge >= 0.3 is 0 Å². The van der Waals surface area contributed by atoms with Gasteiger partial charge in [-0.05, 0) is 42.0 Å². The van der Waals surface area contributed by atoms with Crippen molar-refractivity contribution < 1.29 is 4.39 Å². The molecule has 1 aromatic carbocycles. The second-order valence-electron chi connectivity index (χ2n) is 4.19. The molecule has 0 bridgehead atoms. The molecule has 20 heavy (non-hydrogen) atoms. The molecule has 0 amide bonds. The standard InChI is InChI=1S/C15H12FN3S/c1-17-15-19-13(10-2-4-12(16)5-3-10)14(20-15)11-6-8-18-9-7-11/h2-9H,1H3,(H,17,19). The highest BCUT2D eigenvalue weighted by molar-refractivity contribution is 7.19. The first-order valence-electron chi connectivity index (χ1n) is 6.13. The van der Waals surface area contributed by atoms with Crippen molar-refractivity contribution in [2.24, 2.45) is 0 Å². The fourth-order valence-corrected chi connectivity index (χ4v) is 2.88. The average molecular weight is 285 g/mol. The second-order valence-corrected chi connectivity index (χ2v) is 5.19. The maximum atomic E-state index is 13.1. The number of rotatable bonds is 3. The highest BCUT2D eigenvalue weighted by Gasteiger charge is 2.14. The summed E-state index contributed by atoms with van der Waals surface area (Å²) in [6.45, 7) is 0. The van der Waals surface area contributed by atoms with Crippen molar-refractivity contribution >= 4 is 16.5 Å². The zero-order valence-corrected chi connectivity index (χ0v) is 11.6. The Morgan fingerprint density at radius 2 is 1.70 bits per heavy atom. The van der Waals surface area contributed by atoms with Crippen molar-refractivity contribution in [3.63, 3.8) is 0 Å². The number of anilines is 1. The molecular weight excluding hydrogens is 273 g/mol. The molecule has 0 saturated heterocycles. The minimum Gasteiger partial charge on any atom is -0.365 e. The topological polar surface area (TPSA) is 37.8 Å². The van der Waals surface area contributed by atoms with Crippen molar-refractivity contribution in [3.8, 4) is 21.7 Å². The number of pyridine rings is 1. The van der Waals surface area contributed by atoms with E-state index in [2.05, 4.69) is 15.3 Å². The van der Waals surface area contributed by atoms with Crippen molar-refractivity contribution in [1.29, 1.82) is 0 Å². The van der Waals surface area contributed by atoms with E-state index in [-0.39, 0.29) is 5.82 Å². The van der Waals surface area contributed by atoms with Gasteiger partial charge in [0, 0.05) is 25.0 Å². The smallest absolute Gasteiger partial charge is 0.183 e. The van der Waals surface area contributed by atoms with Crippen molar-refractivity contribution in [3.05, 3.63) is 54.6 Å². The van der Waals surface area contributed by atoms with Gasteiger partial charge in [-0.15, -0.1) is 0 Å². The molecule has 3 aromatic rings. The third kappa shape index (κ3) is 2.40. The fourth-order valence-electron chi connectivity index (χ4n) is 1.93. The molecule has 2 heterocycles. The Morgan fingerprint density at radius 3 is 2.35 bits per heavy atom. The lowest BCUT2D eigenvalue weighted by atomic mass is 10.1. The maximum absolute atomic E-state index is 13.1.